The molecule has 0 aliphatic carbocycles. The lowest BCUT2D eigenvalue weighted by molar-refractivity contribution is 0.179. The Morgan fingerprint density at radius 1 is 1.08 bits per heavy atom. The number of carbonyl (C=O) groups is 1. The summed E-state index contributed by atoms with van der Waals surface area (Å²) in [6, 6.07) is 17.6. The molecular formula is C20H25N3O3. The second-order valence-corrected chi connectivity index (χ2v) is 6.37. The molecule has 1 saturated heterocycles. The van der Waals surface area contributed by atoms with Crippen LogP contribution in [0.1, 0.15) is 11.6 Å². The van der Waals surface area contributed by atoms with Crippen LogP contribution >= 0.6 is 0 Å². The summed E-state index contributed by atoms with van der Waals surface area (Å²) >= 11 is 0. The largest absolute Gasteiger partial charge is 0.495 e. The number of methoxy groups -OCH3 is 1. The molecule has 1 amide bonds. The van der Waals surface area contributed by atoms with E-state index in [1.807, 2.05) is 48.5 Å². The van der Waals surface area contributed by atoms with Gasteiger partial charge in [0.1, 0.15) is 5.75 Å². The van der Waals surface area contributed by atoms with Crippen molar-refractivity contribution in [2.45, 2.75) is 6.04 Å². The molecule has 1 aliphatic heterocycles. The predicted octanol–water partition coefficient (Wildman–Crippen LogP) is 2.83. The molecule has 2 aromatic rings. The van der Waals surface area contributed by atoms with Gasteiger partial charge in [-0.1, -0.05) is 42.5 Å². The fourth-order valence-corrected chi connectivity index (χ4v) is 3.39. The van der Waals surface area contributed by atoms with Crippen LogP contribution in [-0.4, -0.2) is 55.9 Å². The second-order valence-electron chi connectivity index (χ2n) is 6.37. The topological polar surface area (TPSA) is 65.0 Å². The van der Waals surface area contributed by atoms with Gasteiger partial charge < -0.3 is 20.1 Å². The van der Waals surface area contributed by atoms with Crippen molar-refractivity contribution in [2.24, 2.45) is 0 Å². The Balaban J connectivity index is 1.62. The first-order valence-corrected chi connectivity index (χ1v) is 8.82. The van der Waals surface area contributed by atoms with E-state index in [1.165, 1.54) is 0 Å². The van der Waals surface area contributed by atoms with Gasteiger partial charge in [0.2, 0.25) is 0 Å². The summed E-state index contributed by atoms with van der Waals surface area (Å²) in [7, 11) is 1.69. The maximum Gasteiger partial charge on any atom is 0.405 e. The lowest BCUT2D eigenvalue weighted by atomic mass is 10.1. The third kappa shape index (κ3) is 4.46. The summed E-state index contributed by atoms with van der Waals surface area (Å²) in [5, 5.41) is 11.8. The Morgan fingerprint density at radius 3 is 2.38 bits per heavy atom. The van der Waals surface area contributed by atoms with Crippen LogP contribution in [0.25, 0.3) is 0 Å². The molecule has 0 bridgehead atoms. The number of ether oxygens (including phenoxy) is 1. The van der Waals surface area contributed by atoms with Gasteiger partial charge in [-0.15, -0.1) is 0 Å². The van der Waals surface area contributed by atoms with E-state index in [4.69, 9.17) is 4.74 Å². The lowest BCUT2D eigenvalue weighted by Gasteiger charge is -2.38. The highest BCUT2D eigenvalue weighted by atomic mass is 16.5. The van der Waals surface area contributed by atoms with Crippen molar-refractivity contribution in [3.8, 4) is 5.75 Å². The van der Waals surface area contributed by atoms with Gasteiger partial charge in [0.15, 0.2) is 0 Å². The second kappa shape index (κ2) is 8.58. The number of nitrogens with one attached hydrogen (secondary N) is 1. The van der Waals surface area contributed by atoms with E-state index >= 15 is 0 Å². The predicted molar refractivity (Wildman–Crippen MR) is 102 cm³/mol. The summed E-state index contributed by atoms with van der Waals surface area (Å²) in [5.41, 5.74) is 2.10. The first-order chi connectivity index (χ1) is 12.7. The lowest BCUT2D eigenvalue weighted by Crippen LogP contribution is -2.49. The van der Waals surface area contributed by atoms with Crippen molar-refractivity contribution >= 4 is 11.8 Å². The first-order valence-electron chi connectivity index (χ1n) is 8.82. The fourth-order valence-electron chi connectivity index (χ4n) is 3.39. The maximum absolute atomic E-state index is 11.2. The number of nitrogens with zero attached hydrogens (tertiary/aromatic N) is 2. The molecule has 2 N–H and O–H groups in total. The van der Waals surface area contributed by atoms with Crippen molar-refractivity contribution in [3.63, 3.8) is 0 Å². The van der Waals surface area contributed by atoms with Gasteiger partial charge >= 0.3 is 6.09 Å². The highest BCUT2D eigenvalue weighted by Crippen LogP contribution is 2.28. The van der Waals surface area contributed by atoms with Gasteiger partial charge in [0.25, 0.3) is 0 Å². The van der Waals surface area contributed by atoms with Crippen molar-refractivity contribution in [2.75, 3.05) is 44.7 Å². The number of piperazine rings is 1. The minimum atomic E-state index is -0.994. The van der Waals surface area contributed by atoms with Crippen LogP contribution in [0, 0.1) is 0 Å². The molecule has 0 saturated carbocycles. The molecule has 3 rings (SSSR count). The minimum absolute atomic E-state index is 0.230. The van der Waals surface area contributed by atoms with Crippen LogP contribution in [0.3, 0.4) is 0 Å². The Bertz CT molecular complexity index is 715. The van der Waals surface area contributed by atoms with E-state index < -0.39 is 6.09 Å². The third-order valence-electron chi connectivity index (χ3n) is 4.74. The van der Waals surface area contributed by atoms with E-state index in [1.54, 1.807) is 7.11 Å². The zero-order valence-corrected chi connectivity index (χ0v) is 15.0. The molecule has 6 nitrogen and oxygen atoms in total. The third-order valence-corrected chi connectivity index (χ3v) is 4.74. The Kier molecular flexibility index (Phi) is 5.96. The summed E-state index contributed by atoms with van der Waals surface area (Å²) in [6.07, 6.45) is -0.994. The summed E-state index contributed by atoms with van der Waals surface area (Å²) < 4.78 is 5.46. The number of hydrogen-bond donors (Lipinski definition) is 2. The summed E-state index contributed by atoms with van der Waals surface area (Å²) in [5.74, 6) is 0.885. The molecule has 0 aromatic heterocycles. The number of carboxylic acid groups (broad SMARTS) is 1. The van der Waals surface area contributed by atoms with Gasteiger partial charge in [-0.25, -0.2) is 4.79 Å². The molecular weight excluding hydrogens is 330 g/mol. The smallest absolute Gasteiger partial charge is 0.405 e. The van der Waals surface area contributed by atoms with Crippen LogP contribution < -0.4 is 15.0 Å². The number of hydrogen-bond acceptors (Lipinski definition) is 4. The van der Waals surface area contributed by atoms with E-state index in [2.05, 4.69) is 21.2 Å². The zero-order chi connectivity index (χ0) is 18.4. The number of benzene rings is 2. The van der Waals surface area contributed by atoms with Crippen molar-refractivity contribution < 1.29 is 14.6 Å². The maximum atomic E-state index is 11.2. The molecule has 0 spiro atoms. The summed E-state index contributed by atoms with van der Waals surface area (Å²) in [6.45, 7) is 4.19. The fraction of sp³-hybridized carbons (Fsp3) is 0.350. The van der Waals surface area contributed by atoms with Crippen LogP contribution in [0.15, 0.2) is 54.6 Å². The molecule has 6 heteroatoms. The van der Waals surface area contributed by atoms with E-state index in [-0.39, 0.29) is 6.04 Å². The van der Waals surface area contributed by atoms with Crippen LogP contribution in [0.5, 0.6) is 5.75 Å². The van der Waals surface area contributed by atoms with Gasteiger partial charge in [-0.3, -0.25) is 4.90 Å². The number of rotatable bonds is 6. The van der Waals surface area contributed by atoms with Crippen molar-refractivity contribution in [3.05, 3.63) is 60.2 Å². The molecule has 1 aliphatic rings. The average Bonchev–Trinajstić information content (AvgIpc) is 2.68. The Morgan fingerprint density at radius 2 is 1.73 bits per heavy atom. The van der Waals surface area contributed by atoms with Crippen molar-refractivity contribution in [1.29, 1.82) is 0 Å². The molecule has 0 radical (unpaired) electrons. The number of para-hydroxylation sites is 2. The van der Waals surface area contributed by atoms with Gasteiger partial charge in [0.05, 0.1) is 18.8 Å². The van der Waals surface area contributed by atoms with Crippen LogP contribution in [0.2, 0.25) is 0 Å². The quantitative estimate of drug-likeness (QED) is 0.834. The highest BCUT2D eigenvalue weighted by Gasteiger charge is 2.23. The van der Waals surface area contributed by atoms with E-state index in [0.717, 1.165) is 43.2 Å². The number of anilines is 1. The Hall–Kier alpha value is -2.73. The number of amides is 1. The monoisotopic (exact) mass is 355 g/mol. The van der Waals surface area contributed by atoms with E-state index in [9.17, 15) is 9.90 Å². The van der Waals surface area contributed by atoms with Crippen LogP contribution in [-0.2, 0) is 0 Å². The summed E-state index contributed by atoms with van der Waals surface area (Å²) in [4.78, 5) is 15.8. The van der Waals surface area contributed by atoms with E-state index in [0.29, 0.717) is 6.54 Å². The molecule has 1 fully saturated rings. The molecule has 26 heavy (non-hydrogen) atoms. The average molecular weight is 355 g/mol. The molecule has 1 heterocycles. The SMILES string of the molecule is COc1ccccc1N1CCN(CC(NC(=O)O)c2ccccc2)CC1. The molecule has 2 aromatic carbocycles. The zero-order valence-electron chi connectivity index (χ0n) is 15.0. The normalized spacial score (nSPS) is 16.1. The minimum Gasteiger partial charge on any atom is -0.495 e. The van der Waals surface area contributed by atoms with Gasteiger partial charge in [0, 0.05) is 32.7 Å². The van der Waals surface area contributed by atoms with Gasteiger partial charge in [-0.2, -0.15) is 0 Å². The Labute approximate surface area is 154 Å². The van der Waals surface area contributed by atoms with Crippen LogP contribution in [0.4, 0.5) is 10.5 Å². The van der Waals surface area contributed by atoms with Crippen molar-refractivity contribution in [1.82, 2.24) is 10.2 Å². The first kappa shape index (κ1) is 18.1. The highest BCUT2D eigenvalue weighted by molar-refractivity contribution is 5.65. The molecule has 1 atom stereocenters. The molecule has 138 valence electrons. The standard InChI is InChI=1S/C20H25N3O3/c1-26-19-10-6-5-9-18(19)23-13-11-22(12-14-23)15-17(21-20(24)25)16-7-3-2-4-8-16/h2-10,17,21H,11-15H2,1H3,(H,24,25). The molecule has 1 unspecified atom stereocenters. The van der Waals surface area contributed by atoms with Gasteiger partial charge in [-0.05, 0) is 17.7 Å².